The van der Waals surface area contributed by atoms with E-state index in [1.807, 2.05) is 48.5 Å². The quantitative estimate of drug-likeness (QED) is 0.864. The predicted molar refractivity (Wildman–Crippen MR) is 81.0 cm³/mol. The number of aliphatic imine (C=N–C) groups is 1. The van der Waals surface area contributed by atoms with Crippen molar-refractivity contribution < 1.29 is 9.53 Å². The number of nitrogens with zero attached hydrogens (tertiary/aromatic N) is 1. The molecule has 0 radical (unpaired) electrons. The summed E-state index contributed by atoms with van der Waals surface area (Å²) in [6.07, 6.45) is 1.78. The van der Waals surface area contributed by atoms with Crippen molar-refractivity contribution in [3.05, 3.63) is 54.1 Å². The van der Waals surface area contributed by atoms with Crippen molar-refractivity contribution >= 4 is 23.5 Å². The first-order valence-electron chi connectivity index (χ1n) is 6.23. The number of hydrogen-bond acceptors (Lipinski definition) is 3. The highest BCUT2D eigenvalue weighted by Crippen LogP contribution is 2.17. The minimum Gasteiger partial charge on any atom is -0.497 e. The fourth-order valence-corrected chi connectivity index (χ4v) is 1.67. The first-order valence-corrected chi connectivity index (χ1v) is 6.23. The van der Waals surface area contributed by atoms with Gasteiger partial charge in [-0.05, 0) is 54.1 Å². The van der Waals surface area contributed by atoms with E-state index < -0.39 is 0 Å². The zero-order chi connectivity index (χ0) is 14.4. The lowest BCUT2D eigenvalue weighted by atomic mass is 10.2. The number of nitrogens with one attached hydrogen (secondary N) is 1. The van der Waals surface area contributed by atoms with Gasteiger partial charge < -0.3 is 10.1 Å². The van der Waals surface area contributed by atoms with Gasteiger partial charge in [0.25, 0.3) is 0 Å². The maximum atomic E-state index is 10.9. The molecule has 0 bridgehead atoms. The molecule has 0 spiro atoms. The third kappa shape index (κ3) is 3.95. The monoisotopic (exact) mass is 268 g/mol. The van der Waals surface area contributed by atoms with Crippen LogP contribution in [0, 0.1) is 0 Å². The van der Waals surface area contributed by atoms with E-state index in [4.69, 9.17) is 4.74 Å². The van der Waals surface area contributed by atoms with Crippen molar-refractivity contribution in [1.82, 2.24) is 0 Å². The zero-order valence-electron chi connectivity index (χ0n) is 11.5. The second-order valence-electron chi connectivity index (χ2n) is 4.26. The van der Waals surface area contributed by atoms with Gasteiger partial charge in [-0.1, -0.05) is 0 Å². The van der Waals surface area contributed by atoms with E-state index in [2.05, 4.69) is 10.3 Å². The number of carbonyl (C=O) groups is 1. The molecule has 0 atom stereocenters. The van der Waals surface area contributed by atoms with Gasteiger partial charge in [-0.2, -0.15) is 0 Å². The van der Waals surface area contributed by atoms with Crippen LogP contribution < -0.4 is 10.1 Å². The summed E-state index contributed by atoms with van der Waals surface area (Å²) in [6.45, 7) is 1.48. The van der Waals surface area contributed by atoms with Crippen molar-refractivity contribution in [1.29, 1.82) is 0 Å². The lowest BCUT2D eigenvalue weighted by molar-refractivity contribution is -0.114. The molecule has 4 nitrogen and oxygen atoms in total. The van der Waals surface area contributed by atoms with Crippen LogP contribution in [-0.2, 0) is 4.79 Å². The number of methoxy groups -OCH3 is 1. The smallest absolute Gasteiger partial charge is 0.221 e. The molecular weight excluding hydrogens is 252 g/mol. The molecule has 2 rings (SSSR count). The highest BCUT2D eigenvalue weighted by Gasteiger charge is 1.95. The van der Waals surface area contributed by atoms with Crippen LogP contribution in [0.5, 0.6) is 5.75 Å². The van der Waals surface area contributed by atoms with Gasteiger partial charge in [-0.3, -0.25) is 9.79 Å². The molecule has 1 amide bonds. The first-order chi connectivity index (χ1) is 9.67. The van der Waals surface area contributed by atoms with Crippen LogP contribution in [0.2, 0.25) is 0 Å². The zero-order valence-corrected chi connectivity index (χ0v) is 11.5. The third-order valence-corrected chi connectivity index (χ3v) is 2.67. The van der Waals surface area contributed by atoms with Crippen LogP contribution in [0.1, 0.15) is 12.5 Å². The molecule has 20 heavy (non-hydrogen) atoms. The van der Waals surface area contributed by atoms with Gasteiger partial charge in [0, 0.05) is 18.8 Å². The molecule has 0 fully saturated rings. The molecule has 0 aliphatic rings. The Morgan fingerprint density at radius 3 is 2.30 bits per heavy atom. The Morgan fingerprint density at radius 2 is 1.75 bits per heavy atom. The van der Waals surface area contributed by atoms with E-state index in [1.165, 1.54) is 6.92 Å². The summed E-state index contributed by atoms with van der Waals surface area (Å²) >= 11 is 0. The third-order valence-electron chi connectivity index (χ3n) is 2.67. The van der Waals surface area contributed by atoms with Gasteiger partial charge in [0.05, 0.1) is 12.8 Å². The molecule has 2 aromatic rings. The molecule has 2 aromatic carbocycles. The molecule has 0 heterocycles. The lowest BCUT2D eigenvalue weighted by Gasteiger charge is -2.01. The Labute approximate surface area is 118 Å². The van der Waals surface area contributed by atoms with Gasteiger partial charge >= 0.3 is 0 Å². The number of rotatable bonds is 4. The second-order valence-corrected chi connectivity index (χ2v) is 4.26. The number of carbonyl (C=O) groups excluding carboxylic acids is 1. The maximum Gasteiger partial charge on any atom is 0.221 e. The summed E-state index contributed by atoms with van der Waals surface area (Å²) in [6, 6.07) is 15.0. The minimum atomic E-state index is -0.0838. The Kier molecular flexibility index (Phi) is 4.50. The average molecular weight is 268 g/mol. The molecule has 1 N–H and O–H groups in total. The summed E-state index contributed by atoms with van der Waals surface area (Å²) in [5.41, 5.74) is 2.59. The molecule has 0 aliphatic heterocycles. The first kappa shape index (κ1) is 13.8. The van der Waals surface area contributed by atoms with E-state index in [1.54, 1.807) is 13.3 Å². The Bertz CT molecular complexity index is 601. The van der Waals surface area contributed by atoms with Crippen molar-refractivity contribution in [2.45, 2.75) is 6.92 Å². The number of ether oxygens (including phenoxy) is 1. The lowest BCUT2D eigenvalue weighted by Crippen LogP contribution is -2.04. The average Bonchev–Trinajstić information content (AvgIpc) is 2.46. The largest absolute Gasteiger partial charge is 0.497 e. The Hall–Kier alpha value is -2.62. The minimum absolute atomic E-state index is 0.0838. The number of anilines is 1. The van der Waals surface area contributed by atoms with Crippen LogP contribution in [0.3, 0.4) is 0 Å². The SMILES string of the molecule is COc1ccc(C=Nc2ccc(NC(C)=O)cc2)cc1. The molecule has 4 heteroatoms. The van der Waals surface area contributed by atoms with Crippen molar-refractivity contribution in [2.24, 2.45) is 4.99 Å². The molecule has 0 saturated heterocycles. The van der Waals surface area contributed by atoms with Crippen LogP contribution in [0.4, 0.5) is 11.4 Å². The van der Waals surface area contributed by atoms with E-state index >= 15 is 0 Å². The van der Waals surface area contributed by atoms with Crippen molar-refractivity contribution in [3.63, 3.8) is 0 Å². The van der Waals surface area contributed by atoms with E-state index in [9.17, 15) is 4.79 Å². The fourth-order valence-electron chi connectivity index (χ4n) is 1.67. The van der Waals surface area contributed by atoms with Crippen LogP contribution >= 0.6 is 0 Å². The Balaban J connectivity index is 2.04. The summed E-state index contributed by atoms with van der Waals surface area (Å²) in [4.78, 5) is 15.3. The summed E-state index contributed by atoms with van der Waals surface area (Å²) in [5, 5.41) is 2.71. The molecular formula is C16H16N2O2. The van der Waals surface area contributed by atoms with Crippen LogP contribution in [0.25, 0.3) is 0 Å². The van der Waals surface area contributed by atoms with Crippen molar-refractivity contribution in [3.8, 4) is 5.75 Å². The second kappa shape index (κ2) is 6.52. The fraction of sp³-hybridized carbons (Fsp3) is 0.125. The van der Waals surface area contributed by atoms with E-state index in [0.717, 1.165) is 22.7 Å². The maximum absolute atomic E-state index is 10.9. The molecule has 0 aromatic heterocycles. The highest BCUT2D eigenvalue weighted by atomic mass is 16.5. The topological polar surface area (TPSA) is 50.7 Å². The van der Waals surface area contributed by atoms with Crippen LogP contribution in [0.15, 0.2) is 53.5 Å². The number of benzene rings is 2. The summed E-state index contributed by atoms with van der Waals surface area (Å²) in [5.74, 6) is 0.737. The van der Waals surface area contributed by atoms with Gasteiger partial charge in [-0.15, -0.1) is 0 Å². The highest BCUT2D eigenvalue weighted by molar-refractivity contribution is 5.89. The van der Waals surface area contributed by atoms with E-state index in [0.29, 0.717) is 0 Å². The molecule has 0 saturated carbocycles. The van der Waals surface area contributed by atoms with Crippen LogP contribution in [-0.4, -0.2) is 19.2 Å². The van der Waals surface area contributed by atoms with Gasteiger partial charge in [-0.25, -0.2) is 0 Å². The number of amides is 1. The standard InChI is InChI=1S/C16H16N2O2/c1-12(19)18-15-7-5-14(6-8-15)17-11-13-3-9-16(20-2)10-4-13/h3-11H,1-2H3,(H,18,19). The summed E-state index contributed by atoms with van der Waals surface area (Å²) in [7, 11) is 1.64. The normalized spacial score (nSPS) is 10.5. The molecule has 0 unspecified atom stereocenters. The predicted octanol–water partition coefficient (Wildman–Crippen LogP) is 3.40. The van der Waals surface area contributed by atoms with Gasteiger partial charge in [0.1, 0.15) is 5.75 Å². The summed E-state index contributed by atoms with van der Waals surface area (Å²) < 4.78 is 5.10. The number of hydrogen-bond donors (Lipinski definition) is 1. The van der Waals surface area contributed by atoms with E-state index in [-0.39, 0.29) is 5.91 Å². The molecule has 102 valence electrons. The molecule has 0 aliphatic carbocycles. The van der Waals surface area contributed by atoms with Gasteiger partial charge in [0.15, 0.2) is 0 Å². The Morgan fingerprint density at radius 1 is 1.10 bits per heavy atom. The van der Waals surface area contributed by atoms with Crippen molar-refractivity contribution in [2.75, 3.05) is 12.4 Å². The van der Waals surface area contributed by atoms with Gasteiger partial charge in [0.2, 0.25) is 5.91 Å².